The van der Waals surface area contributed by atoms with Crippen molar-refractivity contribution in [3.05, 3.63) is 130 Å². The van der Waals surface area contributed by atoms with Gasteiger partial charge in [-0.05, 0) is 59.5 Å². The molecule has 0 radical (unpaired) electrons. The summed E-state index contributed by atoms with van der Waals surface area (Å²) in [7, 11) is -2.35. The van der Waals surface area contributed by atoms with E-state index in [4.69, 9.17) is 23.2 Å². The van der Waals surface area contributed by atoms with Gasteiger partial charge in [-0.3, -0.25) is 0 Å². The van der Waals surface area contributed by atoms with Crippen LogP contribution in [0.4, 0.5) is 0 Å². The maximum Gasteiger partial charge on any atom is 0.369 e. The Morgan fingerprint density at radius 3 is 1.29 bits per heavy atom. The highest BCUT2D eigenvalue weighted by Crippen LogP contribution is 2.54. The Labute approximate surface area is 281 Å². The molecule has 0 aliphatic rings. The fourth-order valence-corrected chi connectivity index (χ4v) is 11.2. The molecule has 0 saturated carbocycles. The molecule has 1 aromatic heterocycles. The molecule has 0 bridgehead atoms. The number of benzene rings is 4. The molecular formula is C40H47Cl2N2P+2. The van der Waals surface area contributed by atoms with Gasteiger partial charge in [0.05, 0.1) is 6.66 Å². The molecular weight excluding hydrogens is 610 g/mol. The van der Waals surface area contributed by atoms with Crippen LogP contribution in [0.2, 0.25) is 10.4 Å². The van der Waals surface area contributed by atoms with Crippen molar-refractivity contribution in [2.24, 2.45) is 0 Å². The third-order valence-corrected chi connectivity index (χ3v) is 13.8. The predicted molar refractivity (Wildman–Crippen MR) is 198 cm³/mol. The van der Waals surface area contributed by atoms with Gasteiger partial charge in [-0.1, -0.05) is 128 Å². The molecule has 0 atom stereocenters. The first kappa shape index (κ1) is 33.5. The lowest BCUT2D eigenvalue weighted by atomic mass is 9.92. The predicted octanol–water partition coefficient (Wildman–Crippen LogP) is 10.5. The molecule has 0 amide bonds. The van der Waals surface area contributed by atoms with E-state index in [0.29, 0.717) is 10.4 Å². The van der Waals surface area contributed by atoms with Crippen LogP contribution in [0.3, 0.4) is 0 Å². The van der Waals surface area contributed by atoms with Crippen molar-refractivity contribution in [3.8, 4) is 11.4 Å². The molecule has 0 spiro atoms. The monoisotopic (exact) mass is 656 g/mol. The van der Waals surface area contributed by atoms with Gasteiger partial charge in [-0.15, -0.1) is 4.57 Å². The largest absolute Gasteiger partial charge is 0.369 e. The summed E-state index contributed by atoms with van der Waals surface area (Å²) in [4.78, 5) is 0. The van der Waals surface area contributed by atoms with Crippen LogP contribution in [-0.2, 0) is 0 Å². The molecule has 45 heavy (non-hydrogen) atoms. The molecule has 5 rings (SSSR count). The molecule has 2 nitrogen and oxygen atoms in total. The fourth-order valence-electron chi connectivity index (χ4n) is 6.62. The molecule has 5 aromatic rings. The van der Waals surface area contributed by atoms with Gasteiger partial charge >= 0.3 is 10.7 Å². The average Bonchev–Trinajstić information content (AvgIpc) is 3.29. The van der Waals surface area contributed by atoms with Crippen molar-refractivity contribution in [3.63, 3.8) is 0 Å². The lowest BCUT2D eigenvalue weighted by molar-refractivity contribution is -0.590. The summed E-state index contributed by atoms with van der Waals surface area (Å²) in [6, 6.07) is 35.1. The van der Waals surface area contributed by atoms with Crippen molar-refractivity contribution < 1.29 is 4.57 Å². The zero-order valence-corrected chi connectivity index (χ0v) is 30.6. The van der Waals surface area contributed by atoms with E-state index in [1.165, 1.54) is 32.9 Å². The minimum absolute atomic E-state index is 0.281. The van der Waals surface area contributed by atoms with E-state index in [1.807, 2.05) is 0 Å². The Kier molecular flexibility index (Phi) is 10.0. The van der Waals surface area contributed by atoms with E-state index in [1.54, 1.807) is 0 Å². The Balaban J connectivity index is 2.08. The number of hydrogen-bond donors (Lipinski definition) is 0. The summed E-state index contributed by atoms with van der Waals surface area (Å²) in [5.41, 5.74) is 8.30. The van der Waals surface area contributed by atoms with E-state index < -0.39 is 7.26 Å². The maximum atomic E-state index is 7.91. The topological polar surface area (TPSA) is 8.81 Å². The van der Waals surface area contributed by atoms with Gasteiger partial charge in [-0.25, -0.2) is 0 Å². The molecule has 0 N–H and O–H groups in total. The number of rotatable bonds is 9. The number of imidazole rings is 1. The zero-order valence-electron chi connectivity index (χ0n) is 28.1. The standard InChI is InChI=1S/C40H47Cl2N2P/c1-26(2)32-22-16-23-33(27(3)4)36(32)43-38(41)39(45(9,30-18-12-10-13-19-30)31-20-14-11-15-21-31)44(40(43)42)37-34(28(5)6)24-17-25-35(37)29(7)8/h10-29H,1-9H3/q+2. The van der Waals surface area contributed by atoms with Crippen LogP contribution in [0, 0.1) is 0 Å². The van der Waals surface area contributed by atoms with Gasteiger partial charge in [0.25, 0.3) is 5.15 Å². The lowest BCUT2D eigenvalue weighted by Gasteiger charge is -2.23. The highest BCUT2D eigenvalue weighted by Gasteiger charge is 2.54. The summed E-state index contributed by atoms with van der Waals surface area (Å²) in [5.74, 6) is 1.13. The van der Waals surface area contributed by atoms with Crippen LogP contribution in [0.15, 0.2) is 97.1 Å². The molecule has 0 aliphatic heterocycles. The van der Waals surface area contributed by atoms with Crippen molar-refractivity contribution in [1.82, 2.24) is 4.57 Å². The number of halogens is 2. The van der Waals surface area contributed by atoms with Crippen LogP contribution in [-0.4, -0.2) is 11.2 Å². The van der Waals surface area contributed by atoms with Crippen LogP contribution in [0.5, 0.6) is 0 Å². The van der Waals surface area contributed by atoms with E-state index >= 15 is 0 Å². The average molecular weight is 658 g/mol. The Morgan fingerprint density at radius 2 is 0.911 bits per heavy atom. The van der Waals surface area contributed by atoms with E-state index in [9.17, 15) is 0 Å². The Morgan fingerprint density at radius 1 is 0.533 bits per heavy atom. The third kappa shape index (κ3) is 5.91. The summed E-state index contributed by atoms with van der Waals surface area (Å²) < 4.78 is 4.50. The SMILES string of the molecule is CC(C)c1cccc(C(C)C)c1-n1c([P+](C)(c2ccccc2)c2ccccc2)c(Cl)[n+](-c2c(C(C)C)cccc2C(C)C)c1Cl. The highest BCUT2D eigenvalue weighted by molar-refractivity contribution is 7.95. The number of para-hydroxylation sites is 2. The van der Waals surface area contributed by atoms with Gasteiger partial charge in [0.2, 0.25) is 0 Å². The maximum absolute atomic E-state index is 7.91. The molecule has 0 saturated heterocycles. The number of hydrogen-bond acceptors (Lipinski definition) is 0. The highest BCUT2D eigenvalue weighted by atomic mass is 35.5. The van der Waals surface area contributed by atoms with E-state index in [-0.39, 0.29) is 23.7 Å². The second-order valence-electron chi connectivity index (χ2n) is 13.4. The third-order valence-electron chi connectivity index (χ3n) is 9.06. The van der Waals surface area contributed by atoms with Gasteiger partial charge in [-0.2, -0.15) is 4.57 Å². The number of aromatic nitrogens is 2. The number of nitrogens with zero attached hydrogens (tertiary/aromatic N) is 2. The van der Waals surface area contributed by atoms with E-state index in [0.717, 1.165) is 16.8 Å². The molecule has 4 aromatic carbocycles. The second-order valence-corrected chi connectivity index (χ2v) is 17.6. The van der Waals surface area contributed by atoms with Crippen molar-refractivity contribution in [2.45, 2.75) is 79.1 Å². The van der Waals surface area contributed by atoms with Crippen LogP contribution in [0.1, 0.15) is 101 Å². The molecule has 0 aliphatic carbocycles. The van der Waals surface area contributed by atoms with Gasteiger partial charge in [0.1, 0.15) is 22.0 Å². The van der Waals surface area contributed by atoms with Crippen LogP contribution in [0.25, 0.3) is 11.4 Å². The lowest BCUT2D eigenvalue weighted by Crippen LogP contribution is -2.38. The smallest absolute Gasteiger partial charge is 0.163 e. The summed E-state index contributed by atoms with van der Waals surface area (Å²) >= 11 is 15.8. The minimum atomic E-state index is -2.35. The summed E-state index contributed by atoms with van der Waals surface area (Å²) in [6.07, 6.45) is 0. The molecule has 0 unspecified atom stereocenters. The molecule has 5 heteroatoms. The van der Waals surface area contributed by atoms with Crippen molar-refractivity contribution in [1.29, 1.82) is 0 Å². The molecule has 0 fully saturated rings. The first-order valence-corrected chi connectivity index (χ1v) is 19.2. The van der Waals surface area contributed by atoms with Crippen LogP contribution >= 0.6 is 30.5 Å². The summed E-state index contributed by atoms with van der Waals surface area (Å²) in [6.45, 7) is 20.5. The van der Waals surface area contributed by atoms with Gasteiger partial charge in [0.15, 0.2) is 7.26 Å². The first-order chi connectivity index (χ1) is 21.4. The zero-order chi connectivity index (χ0) is 32.6. The molecule has 234 valence electrons. The first-order valence-electron chi connectivity index (χ1n) is 16.2. The Bertz CT molecular complexity index is 1690. The minimum Gasteiger partial charge on any atom is -0.163 e. The van der Waals surface area contributed by atoms with Gasteiger partial charge < -0.3 is 0 Å². The van der Waals surface area contributed by atoms with E-state index in [2.05, 4.69) is 168 Å². The quantitative estimate of drug-likeness (QED) is 0.110. The second kappa shape index (κ2) is 13.4. The van der Waals surface area contributed by atoms with Crippen LogP contribution < -0.4 is 20.6 Å². The summed E-state index contributed by atoms with van der Waals surface area (Å²) in [5, 5.41) is 3.80. The Hall–Kier alpha value is -2.90. The normalized spacial score (nSPS) is 12.2. The molecule has 1 heterocycles. The van der Waals surface area contributed by atoms with Gasteiger partial charge in [0, 0.05) is 33.9 Å². The van der Waals surface area contributed by atoms with Crippen molar-refractivity contribution in [2.75, 3.05) is 6.66 Å². The van der Waals surface area contributed by atoms with Crippen molar-refractivity contribution >= 4 is 46.5 Å². The fraction of sp³-hybridized carbons (Fsp3) is 0.325.